The molecule has 24 valence electrons. The van der Waals surface area contributed by atoms with Crippen LogP contribution < -0.4 is 0 Å². The van der Waals surface area contributed by atoms with Crippen molar-refractivity contribution in [2.75, 3.05) is 6.61 Å². The maximum absolute atomic E-state index is 4.57. The van der Waals surface area contributed by atoms with Crippen molar-refractivity contribution in [3.05, 3.63) is 0 Å². The van der Waals surface area contributed by atoms with E-state index in [2.05, 4.69) is 17.4 Å². The number of hydrogen-bond donors (Lipinski definition) is 1. The van der Waals surface area contributed by atoms with E-state index in [0.29, 0.717) is 0 Å². The van der Waals surface area contributed by atoms with Crippen molar-refractivity contribution in [1.82, 2.24) is 0 Å². The minimum atomic E-state index is 0.278. The number of thiol groups is 1. The molecule has 1 atom stereocenters. The molecule has 0 amide bonds. The summed E-state index contributed by atoms with van der Waals surface area (Å²) >= 11 is 3.85. The maximum Gasteiger partial charge on any atom is 0.124 e. The van der Waals surface area contributed by atoms with E-state index in [1.807, 2.05) is 0 Å². The normalized spacial score (nSPS) is 39.8. The number of hydrogen-bond acceptors (Lipinski definition) is 2. The zero-order chi connectivity index (χ0) is 2.99. The van der Waals surface area contributed by atoms with Crippen LogP contribution in [0.1, 0.15) is 0 Å². The number of epoxide rings is 1. The van der Waals surface area contributed by atoms with Crippen LogP contribution in [0, 0.1) is 0 Å². The molecule has 1 nitrogen and oxygen atoms in total. The van der Waals surface area contributed by atoms with Gasteiger partial charge in [-0.2, -0.15) is 0 Å². The summed E-state index contributed by atoms with van der Waals surface area (Å²) in [6, 6.07) is 0. The van der Waals surface area contributed by atoms with Crippen LogP contribution >= 0.6 is 12.6 Å². The molecule has 0 spiro atoms. The summed E-state index contributed by atoms with van der Waals surface area (Å²) in [6.07, 6.45) is 0. The molecule has 0 aliphatic carbocycles. The molecule has 1 heterocycles. The van der Waals surface area contributed by atoms with Crippen LogP contribution in [0.5, 0.6) is 0 Å². The molecule has 0 unspecified atom stereocenters. The molecule has 0 aromatic carbocycles. The summed E-state index contributed by atoms with van der Waals surface area (Å²) in [5, 5.41) is 0. The van der Waals surface area contributed by atoms with Gasteiger partial charge in [0.25, 0.3) is 0 Å². The van der Waals surface area contributed by atoms with Crippen LogP contribution in [-0.2, 0) is 4.74 Å². The highest BCUT2D eigenvalue weighted by atomic mass is 32.1. The Hall–Kier alpha value is 0.310. The monoisotopic (exact) mass is 76.0 g/mol. The minimum absolute atomic E-state index is 0.278. The molecular weight excluding hydrogens is 72.1 g/mol. The highest BCUT2D eigenvalue weighted by Crippen LogP contribution is 2.10. The fourth-order valence-electron chi connectivity index (χ4n) is 0.0430. The van der Waals surface area contributed by atoms with Crippen LogP contribution in [0.15, 0.2) is 0 Å². The Kier molecular flexibility index (Phi) is 0.398. The Balaban J connectivity index is 2.17. The molecule has 2 heteroatoms. The molecule has 1 aliphatic heterocycles. The molecule has 1 aliphatic rings. The van der Waals surface area contributed by atoms with E-state index in [1.165, 1.54) is 0 Å². The smallest absolute Gasteiger partial charge is 0.124 e. The van der Waals surface area contributed by atoms with Gasteiger partial charge in [-0.05, 0) is 0 Å². The van der Waals surface area contributed by atoms with E-state index in [9.17, 15) is 0 Å². The van der Waals surface area contributed by atoms with E-state index < -0.39 is 0 Å². The lowest BCUT2D eigenvalue weighted by Crippen LogP contribution is -1.51. The van der Waals surface area contributed by atoms with Crippen LogP contribution in [0.25, 0.3) is 0 Å². The lowest BCUT2D eigenvalue weighted by molar-refractivity contribution is 0.461. The van der Waals surface area contributed by atoms with Crippen molar-refractivity contribution in [2.24, 2.45) is 0 Å². The largest absolute Gasteiger partial charge is 0.362 e. The highest BCUT2D eigenvalue weighted by molar-refractivity contribution is 7.81. The van der Waals surface area contributed by atoms with Crippen molar-refractivity contribution >= 4 is 12.6 Å². The predicted octanol–water partition coefficient (Wildman–Crippen LogP) is 0.273. The van der Waals surface area contributed by atoms with E-state index in [-0.39, 0.29) is 5.44 Å². The lowest BCUT2D eigenvalue weighted by atomic mass is 11.0. The molecule has 0 saturated carbocycles. The van der Waals surface area contributed by atoms with Crippen LogP contribution in [0.3, 0.4) is 0 Å². The Bertz CT molecular complexity index is 25.2. The molecule has 0 bridgehead atoms. The third-order valence-electron chi connectivity index (χ3n) is 0.316. The standard InChI is InChI=1S/C2H4OS/c4-2-1-3-2/h2,4H,1H2/t2-/m0/s1. The van der Waals surface area contributed by atoms with Gasteiger partial charge in [-0.25, -0.2) is 0 Å². The Morgan fingerprint density at radius 1 is 2.00 bits per heavy atom. The van der Waals surface area contributed by atoms with Gasteiger partial charge in [0.2, 0.25) is 0 Å². The first kappa shape index (κ1) is 2.54. The average molecular weight is 76.1 g/mol. The maximum atomic E-state index is 4.57. The third-order valence-corrected chi connectivity index (χ3v) is 0.614. The van der Waals surface area contributed by atoms with E-state index in [1.54, 1.807) is 0 Å². The van der Waals surface area contributed by atoms with Gasteiger partial charge in [-0.3, -0.25) is 0 Å². The van der Waals surface area contributed by atoms with Crippen molar-refractivity contribution < 1.29 is 4.74 Å². The Morgan fingerprint density at radius 2 is 2.25 bits per heavy atom. The number of rotatable bonds is 0. The highest BCUT2D eigenvalue weighted by Gasteiger charge is 2.14. The summed E-state index contributed by atoms with van der Waals surface area (Å²) in [5.74, 6) is 0. The van der Waals surface area contributed by atoms with Crippen LogP contribution in [-0.4, -0.2) is 12.0 Å². The summed E-state index contributed by atoms with van der Waals surface area (Å²) < 4.78 is 4.57. The van der Waals surface area contributed by atoms with Gasteiger partial charge in [-0.15, -0.1) is 12.6 Å². The van der Waals surface area contributed by atoms with Crippen molar-refractivity contribution in [3.8, 4) is 0 Å². The molecule has 1 saturated heterocycles. The summed E-state index contributed by atoms with van der Waals surface area (Å²) in [6.45, 7) is 0.850. The van der Waals surface area contributed by atoms with Gasteiger partial charge in [0, 0.05) is 0 Å². The van der Waals surface area contributed by atoms with E-state index in [4.69, 9.17) is 0 Å². The van der Waals surface area contributed by atoms with Crippen LogP contribution in [0.4, 0.5) is 0 Å². The van der Waals surface area contributed by atoms with Crippen LogP contribution in [0.2, 0.25) is 0 Å². The summed E-state index contributed by atoms with van der Waals surface area (Å²) in [5.41, 5.74) is 0.278. The van der Waals surface area contributed by atoms with Gasteiger partial charge in [0.1, 0.15) is 5.44 Å². The van der Waals surface area contributed by atoms with Crippen molar-refractivity contribution in [3.63, 3.8) is 0 Å². The molecular formula is C2H4OS. The fourth-order valence-corrected chi connectivity index (χ4v) is 0.129. The van der Waals surface area contributed by atoms with Gasteiger partial charge in [0.05, 0.1) is 6.61 Å². The third kappa shape index (κ3) is 0.362. The molecule has 4 heavy (non-hydrogen) atoms. The fraction of sp³-hybridized carbons (Fsp3) is 1.00. The van der Waals surface area contributed by atoms with E-state index >= 15 is 0 Å². The average Bonchev–Trinajstić information content (AvgIpc) is 1.75. The zero-order valence-electron chi connectivity index (χ0n) is 2.14. The van der Waals surface area contributed by atoms with Gasteiger partial charge < -0.3 is 4.74 Å². The molecule has 1 rings (SSSR count). The SMILES string of the molecule is S[C@H]1CO1. The topological polar surface area (TPSA) is 12.5 Å². The van der Waals surface area contributed by atoms with Gasteiger partial charge in [0.15, 0.2) is 0 Å². The molecule has 1 fully saturated rings. The lowest BCUT2D eigenvalue weighted by Gasteiger charge is -1.51. The second kappa shape index (κ2) is 0.626. The first-order valence-electron chi connectivity index (χ1n) is 1.19. The van der Waals surface area contributed by atoms with Gasteiger partial charge >= 0.3 is 0 Å². The van der Waals surface area contributed by atoms with Crippen molar-refractivity contribution in [2.45, 2.75) is 5.44 Å². The summed E-state index contributed by atoms with van der Waals surface area (Å²) in [4.78, 5) is 0. The zero-order valence-corrected chi connectivity index (χ0v) is 3.03. The van der Waals surface area contributed by atoms with Gasteiger partial charge in [-0.1, -0.05) is 0 Å². The molecule has 0 radical (unpaired) electrons. The second-order valence-corrected chi connectivity index (χ2v) is 1.36. The minimum Gasteiger partial charge on any atom is -0.362 e. The first-order valence-corrected chi connectivity index (χ1v) is 1.71. The molecule has 0 aromatic rings. The van der Waals surface area contributed by atoms with E-state index in [0.717, 1.165) is 6.61 Å². The molecule has 0 N–H and O–H groups in total. The predicted molar refractivity (Wildman–Crippen MR) is 18.7 cm³/mol. The Morgan fingerprint density at radius 3 is 2.25 bits per heavy atom. The number of ether oxygens (including phenoxy) is 1. The first-order chi connectivity index (χ1) is 1.89. The Labute approximate surface area is 30.4 Å². The van der Waals surface area contributed by atoms with Crippen molar-refractivity contribution in [1.29, 1.82) is 0 Å². The quantitative estimate of drug-likeness (QED) is 0.323. The second-order valence-electron chi connectivity index (χ2n) is 0.788. The molecule has 0 aromatic heterocycles. The summed E-state index contributed by atoms with van der Waals surface area (Å²) in [7, 11) is 0.